The first-order valence-electron chi connectivity index (χ1n) is 7.66. The Hall–Kier alpha value is -2.90. The van der Waals surface area contributed by atoms with Gasteiger partial charge in [-0.2, -0.15) is 0 Å². The average molecular weight is 343 g/mol. The Bertz CT molecular complexity index is 738. The molecule has 1 heterocycles. The van der Waals surface area contributed by atoms with E-state index in [9.17, 15) is 14.7 Å². The fourth-order valence-electron chi connectivity index (χ4n) is 2.36. The van der Waals surface area contributed by atoms with Gasteiger partial charge in [0.05, 0.1) is 18.2 Å². The summed E-state index contributed by atoms with van der Waals surface area (Å²) in [5, 5.41) is 10.6. The molecule has 130 valence electrons. The number of carbonyl (C=O) groups is 2. The Morgan fingerprint density at radius 2 is 1.48 bits per heavy atom. The molecule has 0 bridgehead atoms. The highest BCUT2D eigenvalue weighted by molar-refractivity contribution is 6.20. The zero-order valence-electron chi connectivity index (χ0n) is 13.5. The van der Waals surface area contributed by atoms with E-state index in [-0.39, 0.29) is 24.3 Å². The first kappa shape index (κ1) is 16.9. The highest BCUT2D eigenvalue weighted by Gasteiger charge is 2.36. The average Bonchev–Trinajstić information content (AvgIpc) is 2.89. The lowest BCUT2D eigenvalue weighted by atomic mass is 10.1. The number of amides is 2. The van der Waals surface area contributed by atoms with Crippen molar-refractivity contribution in [2.75, 3.05) is 20.3 Å². The van der Waals surface area contributed by atoms with Crippen LogP contribution in [0.1, 0.15) is 20.7 Å². The summed E-state index contributed by atoms with van der Waals surface area (Å²) in [6.07, 6.45) is -1.01. The summed E-state index contributed by atoms with van der Waals surface area (Å²) in [6, 6.07) is 13.3. The maximum absolute atomic E-state index is 12.1. The first-order valence-corrected chi connectivity index (χ1v) is 7.66. The van der Waals surface area contributed by atoms with Gasteiger partial charge in [-0.3, -0.25) is 14.4 Å². The van der Waals surface area contributed by atoms with Crippen LogP contribution >= 0.6 is 0 Å². The van der Waals surface area contributed by atoms with Gasteiger partial charge in [0, 0.05) is 0 Å². The number of aliphatic hydroxyl groups is 1. The molecule has 3 rings (SSSR count). The van der Waals surface area contributed by atoms with Gasteiger partial charge in [-0.25, -0.2) is 0 Å². The quantitative estimate of drug-likeness (QED) is 0.770. The standard InChI is InChI=1S/C18H17NO6/c1-23-13-6-8-14(9-7-13)24-10-12(20)11-25-19-17(21)15-4-2-3-5-16(15)18(19)22/h2-9,12,20H,10-11H2,1H3/t12-/m1/s1. The van der Waals surface area contributed by atoms with Crippen molar-refractivity contribution in [3.63, 3.8) is 0 Å². The Balaban J connectivity index is 1.50. The van der Waals surface area contributed by atoms with E-state index in [0.717, 1.165) is 0 Å². The number of rotatable bonds is 7. The summed E-state index contributed by atoms with van der Waals surface area (Å²) < 4.78 is 10.5. The van der Waals surface area contributed by atoms with Crippen LogP contribution in [-0.4, -0.2) is 48.4 Å². The minimum Gasteiger partial charge on any atom is -0.497 e. The fourth-order valence-corrected chi connectivity index (χ4v) is 2.36. The molecule has 2 aromatic carbocycles. The number of imide groups is 1. The maximum atomic E-state index is 12.1. The highest BCUT2D eigenvalue weighted by Crippen LogP contribution is 2.22. The molecular weight excluding hydrogens is 326 g/mol. The van der Waals surface area contributed by atoms with Gasteiger partial charge in [0.1, 0.15) is 30.8 Å². The molecule has 0 saturated heterocycles. The third kappa shape index (κ3) is 3.62. The summed E-state index contributed by atoms with van der Waals surface area (Å²) in [5.41, 5.74) is 0.577. The lowest BCUT2D eigenvalue weighted by Crippen LogP contribution is -2.35. The molecule has 0 aromatic heterocycles. The van der Waals surface area contributed by atoms with Crippen molar-refractivity contribution >= 4 is 11.8 Å². The number of aliphatic hydroxyl groups excluding tert-OH is 1. The zero-order valence-corrected chi connectivity index (χ0v) is 13.5. The molecule has 0 spiro atoms. The largest absolute Gasteiger partial charge is 0.497 e. The van der Waals surface area contributed by atoms with Gasteiger partial charge >= 0.3 is 0 Å². The summed E-state index contributed by atoms with van der Waals surface area (Å²) in [5.74, 6) is 0.176. The van der Waals surface area contributed by atoms with E-state index in [0.29, 0.717) is 16.6 Å². The van der Waals surface area contributed by atoms with Gasteiger partial charge in [-0.05, 0) is 36.4 Å². The lowest BCUT2D eigenvalue weighted by molar-refractivity contribution is -0.120. The van der Waals surface area contributed by atoms with Crippen molar-refractivity contribution in [1.29, 1.82) is 0 Å². The summed E-state index contributed by atoms with van der Waals surface area (Å²) >= 11 is 0. The number of ether oxygens (including phenoxy) is 2. The van der Waals surface area contributed by atoms with Crippen molar-refractivity contribution in [2.24, 2.45) is 0 Å². The Labute approximate surface area is 144 Å². The van der Waals surface area contributed by atoms with Crippen LogP contribution in [-0.2, 0) is 4.84 Å². The molecule has 0 fully saturated rings. The molecule has 7 heteroatoms. The molecule has 2 amide bonds. The minimum atomic E-state index is -1.01. The molecule has 1 aliphatic rings. The molecule has 0 radical (unpaired) electrons. The maximum Gasteiger partial charge on any atom is 0.285 e. The predicted molar refractivity (Wildman–Crippen MR) is 87.4 cm³/mol. The van der Waals surface area contributed by atoms with Crippen molar-refractivity contribution in [3.05, 3.63) is 59.7 Å². The predicted octanol–water partition coefficient (Wildman–Crippen LogP) is 1.66. The lowest BCUT2D eigenvalue weighted by Gasteiger charge is -2.17. The minimum absolute atomic E-state index is 0.0461. The number of hydrogen-bond donors (Lipinski definition) is 1. The monoisotopic (exact) mass is 343 g/mol. The van der Waals surface area contributed by atoms with E-state index in [1.807, 2.05) is 0 Å². The van der Waals surface area contributed by atoms with Crippen molar-refractivity contribution < 1.29 is 29.0 Å². The van der Waals surface area contributed by atoms with E-state index >= 15 is 0 Å². The number of carbonyl (C=O) groups excluding carboxylic acids is 2. The molecule has 1 aliphatic heterocycles. The normalized spacial score (nSPS) is 14.4. The van der Waals surface area contributed by atoms with E-state index in [2.05, 4.69) is 0 Å². The van der Waals surface area contributed by atoms with Gasteiger partial charge in [0.25, 0.3) is 11.8 Å². The van der Waals surface area contributed by atoms with Crippen molar-refractivity contribution in [1.82, 2.24) is 5.06 Å². The molecule has 1 N–H and O–H groups in total. The van der Waals surface area contributed by atoms with Crippen LogP contribution in [0.2, 0.25) is 0 Å². The van der Waals surface area contributed by atoms with Gasteiger partial charge in [-0.15, -0.1) is 5.06 Å². The third-order valence-electron chi connectivity index (χ3n) is 3.65. The third-order valence-corrected chi connectivity index (χ3v) is 3.65. The Kier molecular flexibility index (Phi) is 4.97. The van der Waals surface area contributed by atoms with Gasteiger partial charge in [0.2, 0.25) is 0 Å². The van der Waals surface area contributed by atoms with E-state index in [1.54, 1.807) is 55.6 Å². The number of hydroxylamine groups is 2. The van der Waals surface area contributed by atoms with Crippen LogP contribution in [0.25, 0.3) is 0 Å². The molecule has 25 heavy (non-hydrogen) atoms. The van der Waals surface area contributed by atoms with Crippen LogP contribution in [0.4, 0.5) is 0 Å². The summed E-state index contributed by atoms with van der Waals surface area (Å²) in [4.78, 5) is 29.4. The Morgan fingerprint density at radius 1 is 0.920 bits per heavy atom. The second kappa shape index (κ2) is 7.33. The van der Waals surface area contributed by atoms with E-state index in [4.69, 9.17) is 14.3 Å². The second-order valence-corrected chi connectivity index (χ2v) is 5.39. The molecule has 1 atom stereocenters. The second-order valence-electron chi connectivity index (χ2n) is 5.39. The molecule has 2 aromatic rings. The first-order chi connectivity index (χ1) is 12.1. The summed E-state index contributed by atoms with van der Waals surface area (Å²) in [7, 11) is 1.57. The van der Waals surface area contributed by atoms with Crippen molar-refractivity contribution in [2.45, 2.75) is 6.10 Å². The van der Waals surface area contributed by atoms with Gasteiger partial charge in [-0.1, -0.05) is 12.1 Å². The van der Waals surface area contributed by atoms with Gasteiger partial charge in [0.15, 0.2) is 0 Å². The molecule has 0 unspecified atom stereocenters. The van der Waals surface area contributed by atoms with Crippen LogP contribution in [0, 0.1) is 0 Å². The number of nitrogens with zero attached hydrogens (tertiary/aromatic N) is 1. The number of methoxy groups -OCH3 is 1. The van der Waals surface area contributed by atoms with Crippen LogP contribution in [0.15, 0.2) is 48.5 Å². The molecule has 7 nitrogen and oxygen atoms in total. The topological polar surface area (TPSA) is 85.3 Å². The van der Waals surface area contributed by atoms with Crippen LogP contribution in [0.3, 0.4) is 0 Å². The van der Waals surface area contributed by atoms with E-state index in [1.165, 1.54) is 0 Å². The van der Waals surface area contributed by atoms with Crippen molar-refractivity contribution in [3.8, 4) is 11.5 Å². The van der Waals surface area contributed by atoms with Crippen LogP contribution < -0.4 is 9.47 Å². The smallest absolute Gasteiger partial charge is 0.285 e. The summed E-state index contributed by atoms with van der Waals surface area (Å²) in [6.45, 7) is -0.295. The van der Waals surface area contributed by atoms with Gasteiger partial charge < -0.3 is 14.6 Å². The number of hydrogen-bond acceptors (Lipinski definition) is 6. The van der Waals surface area contributed by atoms with Crippen LogP contribution in [0.5, 0.6) is 11.5 Å². The highest BCUT2D eigenvalue weighted by atomic mass is 16.7. The molecular formula is C18H17NO6. The number of benzene rings is 2. The fraction of sp³-hybridized carbons (Fsp3) is 0.222. The zero-order chi connectivity index (χ0) is 17.8. The van der Waals surface area contributed by atoms with E-state index < -0.39 is 17.9 Å². The number of fused-ring (bicyclic) bond motifs is 1. The SMILES string of the molecule is COc1ccc(OC[C@@H](O)CON2C(=O)c3ccccc3C2=O)cc1. The molecule has 0 saturated carbocycles. The Morgan fingerprint density at radius 3 is 2.04 bits per heavy atom. The molecule has 0 aliphatic carbocycles.